The minimum Gasteiger partial charge on any atom is -0.320 e. The zero-order chi connectivity index (χ0) is 18.3. The van der Waals surface area contributed by atoms with E-state index in [0.717, 1.165) is 24.5 Å². The van der Waals surface area contributed by atoms with Crippen LogP contribution in [0.2, 0.25) is 5.02 Å². The molecule has 0 spiro atoms. The second-order valence-electron chi connectivity index (χ2n) is 6.99. The fourth-order valence-corrected chi connectivity index (χ4v) is 4.42. The molecule has 0 aliphatic carbocycles. The number of halogens is 1. The third-order valence-corrected chi connectivity index (χ3v) is 6.15. The molecule has 0 radical (unpaired) electrons. The summed E-state index contributed by atoms with van der Waals surface area (Å²) < 4.78 is 2.38. The Morgan fingerprint density at radius 3 is 2.85 bits per heavy atom. The van der Waals surface area contributed by atoms with Crippen molar-refractivity contribution in [3.05, 3.63) is 64.3 Å². The quantitative estimate of drug-likeness (QED) is 0.511. The highest BCUT2D eigenvalue weighted by Gasteiger charge is 2.22. The van der Waals surface area contributed by atoms with Crippen molar-refractivity contribution in [3.63, 3.8) is 0 Å². The Bertz CT molecular complexity index is 1000. The van der Waals surface area contributed by atoms with Crippen molar-refractivity contribution in [1.29, 1.82) is 0 Å². The van der Waals surface area contributed by atoms with E-state index in [0.29, 0.717) is 0 Å². The smallest absolute Gasteiger partial charge is 0.0529 e. The number of benzene rings is 2. The van der Waals surface area contributed by atoms with Crippen molar-refractivity contribution < 1.29 is 0 Å². The lowest BCUT2D eigenvalue weighted by Crippen LogP contribution is -2.26. The van der Waals surface area contributed by atoms with Crippen LogP contribution in [0.5, 0.6) is 0 Å². The lowest BCUT2D eigenvalue weighted by Gasteiger charge is -2.23. The molecule has 1 aliphatic rings. The molecule has 3 aromatic rings. The predicted octanol–water partition coefficient (Wildman–Crippen LogP) is 6.02. The summed E-state index contributed by atoms with van der Waals surface area (Å²) in [6.45, 7) is 4.27. The molecule has 0 saturated heterocycles. The van der Waals surface area contributed by atoms with Crippen molar-refractivity contribution >= 4 is 46.0 Å². The monoisotopic (exact) mass is 382 g/mol. The molecule has 134 valence electrons. The molecule has 2 nitrogen and oxygen atoms in total. The van der Waals surface area contributed by atoms with Crippen molar-refractivity contribution in [2.45, 2.75) is 24.8 Å². The van der Waals surface area contributed by atoms with Gasteiger partial charge in [0.05, 0.1) is 5.52 Å². The van der Waals surface area contributed by atoms with Crippen molar-refractivity contribution in [2.75, 3.05) is 19.8 Å². The van der Waals surface area contributed by atoms with Crippen LogP contribution in [0.4, 0.5) is 0 Å². The number of hydrogen-bond acceptors (Lipinski definition) is 2. The molecule has 4 rings (SSSR count). The third kappa shape index (κ3) is 3.20. The summed E-state index contributed by atoms with van der Waals surface area (Å²) in [4.78, 5) is 3.67. The van der Waals surface area contributed by atoms with Crippen LogP contribution in [0, 0.1) is 0 Å². The average molecular weight is 383 g/mol. The van der Waals surface area contributed by atoms with Crippen molar-refractivity contribution in [3.8, 4) is 0 Å². The van der Waals surface area contributed by atoms with Gasteiger partial charge in [-0.15, -0.1) is 11.8 Å². The van der Waals surface area contributed by atoms with Gasteiger partial charge in [-0.25, -0.2) is 0 Å². The maximum absolute atomic E-state index is 6.30. The molecule has 0 amide bonds. The van der Waals surface area contributed by atoms with Gasteiger partial charge in [0.1, 0.15) is 0 Å². The summed E-state index contributed by atoms with van der Waals surface area (Å²) in [7, 11) is 2.19. The van der Waals surface area contributed by atoms with Gasteiger partial charge in [0, 0.05) is 46.7 Å². The number of thioether (sulfide) groups is 1. The lowest BCUT2D eigenvalue weighted by atomic mass is 10.1. The molecule has 0 bridgehead atoms. The summed E-state index contributed by atoms with van der Waals surface area (Å²) in [6.07, 6.45) is 5.47. The van der Waals surface area contributed by atoms with E-state index in [4.69, 9.17) is 11.6 Å². The number of nitrogens with zero attached hydrogens (tertiary/aromatic N) is 2. The number of rotatable bonds is 3. The molecular formula is C22H23ClN2S. The second-order valence-corrected chi connectivity index (χ2v) is 8.30. The predicted molar refractivity (Wildman–Crippen MR) is 115 cm³/mol. The number of allylic oxidation sites excluding steroid dienone is 1. The van der Waals surface area contributed by atoms with E-state index in [1.165, 1.54) is 38.2 Å². The first-order chi connectivity index (χ1) is 12.6. The molecule has 2 aromatic carbocycles. The van der Waals surface area contributed by atoms with E-state index in [2.05, 4.69) is 72.3 Å². The summed E-state index contributed by atoms with van der Waals surface area (Å²) in [5.74, 6) is 0. The van der Waals surface area contributed by atoms with Crippen LogP contribution in [-0.2, 0) is 13.0 Å². The van der Waals surface area contributed by atoms with E-state index < -0.39 is 0 Å². The number of aromatic nitrogens is 1. The molecule has 1 aromatic heterocycles. The Morgan fingerprint density at radius 1 is 1.19 bits per heavy atom. The summed E-state index contributed by atoms with van der Waals surface area (Å²) in [5, 5.41) is 2.08. The van der Waals surface area contributed by atoms with E-state index in [1.54, 1.807) is 11.8 Å². The first-order valence-electron chi connectivity index (χ1n) is 8.89. The Kier molecular flexibility index (Phi) is 4.87. The van der Waals surface area contributed by atoms with Gasteiger partial charge >= 0.3 is 0 Å². The van der Waals surface area contributed by atoms with E-state index in [-0.39, 0.29) is 0 Å². The van der Waals surface area contributed by atoms with Gasteiger partial charge in [-0.05, 0) is 67.3 Å². The van der Waals surface area contributed by atoms with E-state index in [1.807, 2.05) is 6.07 Å². The Labute approximate surface area is 164 Å². The molecule has 0 saturated carbocycles. The van der Waals surface area contributed by atoms with Crippen LogP contribution < -0.4 is 0 Å². The first-order valence-corrected chi connectivity index (χ1v) is 10.5. The van der Waals surface area contributed by atoms with Crippen LogP contribution in [0.25, 0.3) is 22.7 Å². The molecule has 0 atom stereocenters. The number of likely N-dealkylation sites (N-methyl/N-ethyl adjacent to an activating group) is 1. The Hall–Kier alpha value is -1.68. The Balaban J connectivity index is 1.88. The summed E-state index contributed by atoms with van der Waals surface area (Å²) in [6, 6.07) is 15.0. The van der Waals surface area contributed by atoms with Gasteiger partial charge in [-0.3, -0.25) is 0 Å². The fraction of sp³-hybridized carbons (Fsp3) is 0.273. The maximum atomic E-state index is 6.30. The van der Waals surface area contributed by atoms with E-state index in [9.17, 15) is 0 Å². The minimum absolute atomic E-state index is 0.805. The molecule has 1 aliphatic heterocycles. The third-order valence-electron chi connectivity index (χ3n) is 5.19. The molecule has 4 heteroatoms. The topological polar surface area (TPSA) is 8.17 Å². The number of hydrogen-bond donors (Lipinski definition) is 0. The van der Waals surface area contributed by atoms with Gasteiger partial charge in [0.15, 0.2) is 0 Å². The highest BCUT2D eigenvalue weighted by Crippen LogP contribution is 2.33. The largest absolute Gasteiger partial charge is 0.320 e. The van der Waals surface area contributed by atoms with Gasteiger partial charge in [0.25, 0.3) is 0 Å². The van der Waals surface area contributed by atoms with Crippen LogP contribution >= 0.6 is 23.4 Å². The summed E-state index contributed by atoms with van der Waals surface area (Å²) in [5.41, 5.74) is 6.62. The standard InChI is InChI=1S/C22H23ClN2S/c1-15(16-5-4-6-18(11-16)26-3)13-25-21-8-7-17(23)12-19(21)20-14-24(2)10-9-22(20)25/h4-8,11-13H,9-10,14H2,1-3H3/b15-13+. The van der Waals surface area contributed by atoms with Crippen molar-refractivity contribution in [2.24, 2.45) is 0 Å². The van der Waals surface area contributed by atoms with Gasteiger partial charge in [-0.1, -0.05) is 23.7 Å². The molecule has 0 unspecified atom stereocenters. The van der Waals surface area contributed by atoms with Crippen LogP contribution in [0.15, 0.2) is 47.4 Å². The first kappa shape index (κ1) is 17.7. The molecule has 26 heavy (non-hydrogen) atoms. The van der Waals surface area contributed by atoms with Gasteiger partial charge < -0.3 is 9.47 Å². The zero-order valence-electron chi connectivity index (χ0n) is 15.4. The maximum Gasteiger partial charge on any atom is 0.0529 e. The molecule has 0 N–H and O–H groups in total. The van der Waals surface area contributed by atoms with Crippen LogP contribution in [0.1, 0.15) is 23.7 Å². The van der Waals surface area contributed by atoms with Gasteiger partial charge in [0.2, 0.25) is 0 Å². The average Bonchev–Trinajstić information content (AvgIpc) is 2.94. The summed E-state index contributed by atoms with van der Waals surface area (Å²) >= 11 is 8.08. The van der Waals surface area contributed by atoms with Gasteiger partial charge in [-0.2, -0.15) is 0 Å². The Morgan fingerprint density at radius 2 is 2.04 bits per heavy atom. The highest BCUT2D eigenvalue weighted by molar-refractivity contribution is 7.98. The fourth-order valence-electron chi connectivity index (χ4n) is 3.78. The molecule has 0 fully saturated rings. The minimum atomic E-state index is 0.805. The zero-order valence-corrected chi connectivity index (χ0v) is 17.0. The normalized spacial score (nSPS) is 15.5. The SMILES string of the molecule is CSc1cccc(/C(C)=C/n2c3c(c4cc(Cl)ccc42)CN(C)CC3)c1. The highest BCUT2D eigenvalue weighted by atomic mass is 35.5. The second kappa shape index (κ2) is 7.15. The number of fused-ring (bicyclic) bond motifs is 3. The van der Waals surface area contributed by atoms with Crippen molar-refractivity contribution in [1.82, 2.24) is 9.47 Å². The molecular weight excluding hydrogens is 360 g/mol. The van der Waals surface area contributed by atoms with Crippen LogP contribution in [-0.4, -0.2) is 29.3 Å². The van der Waals surface area contributed by atoms with Crippen LogP contribution in [0.3, 0.4) is 0 Å². The molecule has 2 heterocycles. The van der Waals surface area contributed by atoms with E-state index >= 15 is 0 Å². The lowest BCUT2D eigenvalue weighted by molar-refractivity contribution is 0.312.